The molecule has 40 heavy (non-hydrogen) atoms. The number of carboxylic acids is 1. The van der Waals surface area contributed by atoms with Crippen LogP contribution in [-0.2, 0) is 11.3 Å². The van der Waals surface area contributed by atoms with Crippen LogP contribution in [0, 0.1) is 18.7 Å². The van der Waals surface area contributed by atoms with Gasteiger partial charge in [-0.2, -0.15) is 0 Å². The van der Waals surface area contributed by atoms with E-state index in [0.717, 1.165) is 36.7 Å². The molecule has 1 aromatic heterocycles. The summed E-state index contributed by atoms with van der Waals surface area (Å²) in [7, 11) is 1.48. The molecule has 0 radical (unpaired) electrons. The monoisotopic (exact) mass is 548 g/mol. The van der Waals surface area contributed by atoms with Crippen LogP contribution in [0.2, 0.25) is 0 Å². The van der Waals surface area contributed by atoms with Gasteiger partial charge in [-0.05, 0) is 92.4 Å². The van der Waals surface area contributed by atoms with Gasteiger partial charge in [-0.3, -0.25) is 9.69 Å². The Morgan fingerprint density at radius 3 is 2.52 bits per heavy atom. The zero-order valence-electron chi connectivity index (χ0n) is 23.7. The number of hydrogen-bond donors (Lipinski definition) is 1. The first kappa shape index (κ1) is 29.2. The van der Waals surface area contributed by atoms with E-state index < -0.39 is 17.8 Å². The van der Waals surface area contributed by atoms with Crippen LogP contribution in [0.3, 0.4) is 0 Å². The van der Waals surface area contributed by atoms with Gasteiger partial charge >= 0.3 is 11.9 Å². The van der Waals surface area contributed by atoms with E-state index in [4.69, 9.17) is 9.47 Å². The summed E-state index contributed by atoms with van der Waals surface area (Å²) in [4.78, 5) is 31.1. The summed E-state index contributed by atoms with van der Waals surface area (Å²) in [6, 6.07) is 12.5. The van der Waals surface area contributed by atoms with Gasteiger partial charge in [0.2, 0.25) is 5.88 Å². The Kier molecular flexibility index (Phi) is 9.20. The molecular weight excluding hydrogens is 511 g/mol. The minimum atomic E-state index is -0.840. The third-order valence-corrected chi connectivity index (χ3v) is 7.59. The van der Waals surface area contributed by atoms with Gasteiger partial charge in [0, 0.05) is 24.2 Å². The van der Waals surface area contributed by atoms with Gasteiger partial charge < -0.3 is 14.6 Å². The molecule has 1 heterocycles. The number of carbonyl (C=O) groups is 2. The molecule has 2 aromatic carbocycles. The molecule has 0 bridgehead atoms. The predicted molar refractivity (Wildman–Crippen MR) is 151 cm³/mol. The number of carboxylic acid groups (broad SMARTS) is 1. The molecule has 1 atom stereocenters. The lowest BCUT2D eigenvalue weighted by molar-refractivity contribution is -0.137. The molecule has 7 nitrogen and oxygen atoms in total. The molecule has 0 spiro atoms. The zero-order valence-corrected chi connectivity index (χ0v) is 23.7. The predicted octanol–water partition coefficient (Wildman–Crippen LogP) is 6.62. The number of benzene rings is 2. The summed E-state index contributed by atoms with van der Waals surface area (Å²) in [5.74, 6) is -0.941. The van der Waals surface area contributed by atoms with Crippen molar-refractivity contribution in [2.75, 3.05) is 13.7 Å². The second kappa shape index (κ2) is 12.6. The van der Waals surface area contributed by atoms with Gasteiger partial charge in [0.1, 0.15) is 11.6 Å². The number of methoxy groups -OCH3 is 1. The van der Waals surface area contributed by atoms with Crippen molar-refractivity contribution in [3.8, 4) is 22.8 Å². The number of esters is 1. The molecule has 1 saturated carbocycles. The highest BCUT2D eigenvalue weighted by Crippen LogP contribution is 2.45. The fourth-order valence-electron chi connectivity index (χ4n) is 5.18. The highest BCUT2D eigenvalue weighted by atomic mass is 19.1. The Hall–Kier alpha value is -3.78. The highest BCUT2D eigenvalue weighted by molar-refractivity contribution is 5.94. The maximum absolute atomic E-state index is 15.0. The van der Waals surface area contributed by atoms with E-state index in [0.29, 0.717) is 46.3 Å². The molecule has 4 rings (SSSR count). The van der Waals surface area contributed by atoms with Crippen molar-refractivity contribution in [2.45, 2.75) is 65.5 Å². The van der Waals surface area contributed by atoms with Crippen LogP contribution in [0.5, 0.6) is 11.6 Å². The smallest absolute Gasteiger partial charge is 0.343 e. The Morgan fingerprint density at radius 1 is 1.15 bits per heavy atom. The average molecular weight is 549 g/mol. The van der Waals surface area contributed by atoms with Gasteiger partial charge in [-0.25, -0.2) is 14.2 Å². The van der Waals surface area contributed by atoms with E-state index in [1.54, 1.807) is 37.3 Å². The molecule has 1 aliphatic rings. The molecule has 0 amide bonds. The molecule has 0 aliphatic heterocycles. The topological polar surface area (TPSA) is 89.0 Å². The number of halogens is 1. The molecule has 0 unspecified atom stereocenters. The molecule has 1 N–H and O–H groups in total. The van der Waals surface area contributed by atoms with E-state index >= 15 is 4.39 Å². The minimum Gasteiger partial charge on any atom is -0.481 e. The number of rotatable bonds is 12. The van der Waals surface area contributed by atoms with E-state index in [9.17, 15) is 14.7 Å². The van der Waals surface area contributed by atoms with Gasteiger partial charge in [0.25, 0.3) is 0 Å². The second-order valence-electron chi connectivity index (χ2n) is 10.7. The van der Waals surface area contributed by atoms with Crippen LogP contribution >= 0.6 is 0 Å². The van der Waals surface area contributed by atoms with Gasteiger partial charge in [0.05, 0.1) is 25.3 Å². The van der Waals surface area contributed by atoms with Crippen LogP contribution < -0.4 is 9.47 Å². The number of nitrogens with zero attached hydrogens (tertiary/aromatic N) is 2. The summed E-state index contributed by atoms with van der Waals surface area (Å²) in [6.07, 6.45) is 3.20. The molecule has 1 aliphatic carbocycles. The number of carbonyl (C=O) groups excluding carboxylic acids is 1. The Bertz CT molecular complexity index is 1390. The zero-order chi connectivity index (χ0) is 29.0. The van der Waals surface area contributed by atoms with E-state index in [2.05, 4.69) is 30.7 Å². The Labute approximate surface area is 235 Å². The lowest BCUT2D eigenvalue weighted by Crippen LogP contribution is -2.30. The quantitative estimate of drug-likeness (QED) is 0.201. The largest absolute Gasteiger partial charge is 0.481 e. The lowest BCUT2D eigenvalue weighted by Gasteiger charge is -2.26. The van der Waals surface area contributed by atoms with Gasteiger partial charge in [-0.15, -0.1) is 0 Å². The van der Waals surface area contributed by atoms with Crippen molar-refractivity contribution in [2.24, 2.45) is 5.92 Å². The van der Waals surface area contributed by atoms with Crippen molar-refractivity contribution in [3.05, 3.63) is 76.7 Å². The van der Waals surface area contributed by atoms with E-state index in [1.807, 2.05) is 12.1 Å². The Morgan fingerprint density at radius 2 is 1.90 bits per heavy atom. The number of ether oxygens (including phenoxy) is 2. The maximum Gasteiger partial charge on any atom is 0.343 e. The molecule has 3 aromatic rings. The lowest BCUT2D eigenvalue weighted by atomic mass is 9.91. The minimum absolute atomic E-state index is 0.0477. The van der Waals surface area contributed by atoms with Crippen LogP contribution in [0.4, 0.5) is 4.39 Å². The van der Waals surface area contributed by atoms with Gasteiger partial charge in [-0.1, -0.05) is 25.1 Å². The third-order valence-electron chi connectivity index (χ3n) is 7.59. The van der Waals surface area contributed by atoms with Crippen LogP contribution in [0.15, 0.2) is 48.7 Å². The first-order valence-corrected chi connectivity index (χ1v) is 13.7. The highest BCUT2D eigenvalue weighted by Gasteiger charge is 2.34. The summed E-state index contributed by atoms with van der Waals surface area (Å²) in [5.41, 5.74) is 3.68. The number of pyridine rings is 1. The number of hydrogen-bond acceptors (Lipinski definition) is 6. The van der Waals surface area contributed by atoms with Crippen molar-refractivity contribution < 1.29 is 28.6 Å². The van der Waals surface area contributed by atoms with E-state index in [1.165, 1.54) is 7.11 Å². The summed E-state index contributed by atoms with van der Waals surface area (Å²) < 4.78 is 26.1. The van der Waals surface area contributed by atoms with Crippen molar-refractivity contribution in [1.29, 1.82) is 0 Å². The number of aryl methyl sites for hydroxylation is 1. The van der Waals surface area contributed by atoms with Crippen LogP contribution in [0.1, 0.15) is 73.0 Å². The standard InChI is InChI=1S/C32H37FN2O5/c1-6-35(19(2)3)18-23-14-25(20(4)12-27(23)28-15-30(39-5)34-17-29(28)33)32(38)40-24-9-7-8-22(13-24)26(16-31(36)37)21-10-11-21/h7-9,12-15,17,19,21,26H,6,10-11,16,18H2,1-5H3,(H,36,37)/t26-/m0/s1. The van der Waals surface area contributed by atoms with Crippen LogP contribution in [0.25, 0.3) is 11.1 Å². The Balaban J connectivity index is 1.70. The normalized spacial score (nSPS) is 13.9. The summed E-state index contributed by atoms with van der Waals surface area (Å²) in [5, 5.41) is 9.38. The first-order chi connectivity index (χ1) is 19.1. The second-order valence-corrected chi connectivity index (χ2v) is 10.7. The van der Waals surface area contributed by atoms with Crippen molar-refractivity contribution in [3.63, 3.8) is 0 Å². The maximum atomic E-state index is 15.0. The third kappa shape index (κ3) is 6.86. The van der Waals surface area contributed by atoms with Crippen molar-refractivity contribution >= 4 is 11.9 Å². The molecule has 0 saturated heterocycles. The van der Waals surface area contributed by atoms with E-state index in [-0.39, 0.29) is 18.4 Å². The average Bonchev–Trinajstić information content (AvgIpc) is 3.76. The number of aliphatic carboxylic acids is 1. The first-order valence-electron chi connectivity index (χ1n) is 13.7. The van der Waals surface area contributed by atoms with Crippen molar-refractivity contribution in [1.82, 2.24) is 9.88 Å². The van der Waals surface area contributed by atoms with Gasteiger partial charge in [0.15, 0.2) is 0 Å². The molecular formula is C32H37FN2O5. The summed E-state index contributed by atoms with van der Waals surface area (Å²) in [6.45, 7) is 9.32. The summed E-state index contributed by atoms with van der Waals surface area (Å²) >= 11 is 0. The SMILES string of the molecule is CCN(Cc1cc(C(=O)Oc2cccc([C@@H](CC(=O)O)C3CC3)c2)c(C)cc1-c1cc(OC)ncc1F)C(C)C. The number of aromatic nitrogens is 1. The van der Waals surface area contributed by atoms with Crippen LogP contribution in [-0.4, -0.2) is 46.6 Å². The molecule has 8 heteroatoms. The fraction of sp³-hybridized carbons (Fsp3) is 0.406. The molecule has 1 fully saturated rings. The fourth-order valence-corrected chi connectivity index (χ4v) is 5.18. The molecule has 212 valence electrons.